The van der Waals surface area contributed by atoms with Crippen molar-refractivity contribution in [2.75, 3.05) is 13.1 Å². The summed E-state index contributed by atoms with van der Waals surface area (Å²) in [7, 11) is 0. The Morgan fingerprint density at radius 1 is 1.35 bits per heavy atom. The molecule has 1 aromatic rings. The Balaban J connectivity index is 2.08. The molecule has 9 heteroatoms. The Hall–Kier alpha value is -2.16. The largest absolute Gasteiger partial charge is 0.406 e. The summed E-state index contributed by atoms with van der Waals surface area (Å²) < 4.78 is 50.1. The first kappa shape index (κ1) is 17.2. The summed E-state index contributed by atoms with van der Waals surface area (Å²) in [5.41, 5.74) is 5.60. The van der Waals surface area contributed by atoms with Gasteiger partial charge in [0.2, 0.25) is 11.8 Å². The predicted molar refractivity (Wildman–Crippen MR) is 72.5 cm³/mol. The fraction of sp³-hybridized carbons (Fsp3) is 0.429. The van der Waals surface area contributed by atoms with Gasteiger partial charge >= 0.3 is 6.18 Å². The number of nitrogens with two attached hydrogens (primary N) is 1. The van der Waals surface area contributed by atoms with Gasteiger partial charge < -0.3 is 10.6 Å². The van der Waals surface area contributed by atoms with Crippen molar-refractivity contribution in [2.45, 2.75) is 24.7 Å². The topological polar surface area (TPSA) is 75.4 Å². The molecule has 0 spiro atoms. The van der Waals surface area contributed by atoms with Crippen LogP contribution in [0.4, 0.5) is 17.6 Å². The molecule has 0 saturated carbocycles. The fourth-order valence-electron chi connectivity index (χ4n) is 2.47. The van der Waals surface area contributed by atoms with E-state index in [4.69, 9.17) is 5.73 Å². The molecule has 5 nitrogen and oxygen atoms in total. The number of alkyl halides is 3. The second kappa shape index (κ2) is 6.53. The fourth-order valence-corrected chi connectivity index (χ4v) is 2.47. The Labute approximate surface area is 129 Å². The standard InChI is InChI=1S/C14H15F4N3O2/c15-9-3-1-8(2-4-9)11(12(19)22)20-10-5-6-21(13(10)23)7-14(16,17)18/h1-4,10-11,20H,5-7H2,(H2,19,22). The lowest BCUT2D eigenvalue weighted by molar-refractivity contribution is -0.158. The number of amides is 2. The Bertz CT molecular complexity index is 589. The van der Waals surface area contributed by atoms with E-state index >= 15 is 0 Å². The van der Waals surface area contributed by atoms with Crippen molar-refractivity contribution >= 4 is 11.8 Å². The second-order valence-electron chi connectivity index (χ2n) is 5.27. The van der Waals surface area contributed by atoms with Crippen molar-refractivity contribution < 1.29 is 27.2 Å². The molecule has 1 heterocycles. The quantitative estimate of drug-likeness (QED) is 0.793. The Morgan fingerprint density at radius 3 is 2.48 bits per heavy atom. The highest BCUT2D eigenvalue weighted by molar-refractivity contribution is 5.86. The number of carbonyl (C=O) groups is 2. The van der Waals surface area contributed by atoms with E-state index in [0.717, 1.165) is 12.1 Å². The minimum Gasteiger partial charge on any atom is -0.368 e. The van der Waals surface area contributed by atoms with E-state index < -0.39 is 42.4 Å². The van der Waals surface area contributed by atoms with Gasteiger partial charge in [-0.25, -0.2) is 4.39 Å². The van der Waals surface area contributed by atoms with E-state index in [-0.39, 0.29) is 13.0 Å². The monoisotopic (exact) mass is 333 g/mol. The molecule has 2 amide bonds. The molecule has 0 aliphatic carbocycles. The summed E-state index contributed by atoms with van der Waals surface area (Å²) >= 11 is 0. The van der Waals surface area contributed by atoms with Crippen LogP contribution >= 0.6 is 0 Å². The molecule has 2 unspecified atom stereocenters. The third-order valence-electron chi connectivity index (χ3n) is 3.52. The first-order valence-electron chi connectivity index (χ1n) is 6.84. The van der Waals surface area contributed by atoms with Crippen LogP contribution in [0, 0.1) is 5.82 Å². The summed E-state index contributed by atoms with van der Waals surface area (Å²) in [4.78, 5) is 24.2. The van der Waals surface area contributed by atoms with Gasteiger partial charge in [0.1, 0.15) is 18.4 Å². The normalized spacial score (nSPS) is 19.9. The minimum absolute atomic E-state index is 0.0646. The molecule has 3 N–H and O–H groups in total. The molecule has 126 valence electrons. The third kappa shape index (κ3) is 4.41. The van der Waals surface area contributed by atoms with E-state index in [2.05, 4.69) is 5.32 Å². The second-order valence-corrected chi connectivity index (χ2v) is 5.27. The molecular weight excluding hydrogens is 318 g/mol. The van der Waals surface area contributed by atoms with Crippen molar-refractivity contribution in [2.24, 2.45) is 5.73 Å². The number of carbonyl (C=O) groups excluding carboxylic acids is 2. The van der Waals surface area contributed by atoms with Crippen molar-refractivity contribution in [3.63, 3.8) is 0 Å². The smallest absolute Gasteiger partial charge is 0.368 e. The molecule has 1 aliphatic rings. The zero-order valence-corrected chi connectivity index (χ0v) is 11.9. The maximum Gasteiger partial charge on any atom is 0.406 e. The molecule has 2 rings (SSSR count). The van der Waals surface area contributed by atoms with Crippen LogP contribution in [0.15, 0.2) is 24.3 Å². The van der Waals surface area contributed by atoms with Gasteiger partial charge in [0.15, 0.2) is 0 Å². The van der Waals surface area contributed by atoms with Gasteiger partial charge in [-0.15, -0.1) is 0 Å². The highest BCUT2D eigenvalue weighted by Crippen LogP contribution is 2.23. The van der Waals surface area contributed by atoms with Crippen molar-refractivity contribution in [3.8, 4) is 0 Å². The number of rotatable bonds is 5. The van der Waals surface area contributed by atoms with E-state index in [1.807, 2.05) is 0 Å². The van der Waals surface area contributed by atoms with Crippen molar-refractivity contribution in [1.29, 1.82) is 0 Å². The maximum atomic E-state index is 12.9. The summed E-state index contributed by atoms with van der Waals surface area (Å²) in [6.45, 7) is -1.40. The summed E-state index contributed by atoms with van der Waals surface area (Å²) in [6, 6.07) is 2.86. The highest BCUT2D eigenvalue weighted by atomic mass is 19.4. The molecule has 1 aromatic carbocycles. The van der Waals surface area contributed by atoms with Crippen LogP contribution in [0.3, 0.4) is 0 Å². The molecule has 0 aromatic heterocycles. The highest BCUT2D eigenvalue weighted by Gasteiger charge is 2.40. The van der Waals surface area contributed by atoms with Gasteiger partial charge in [-0.1, -0.05) is 12.1 Å². The van der Waals surface area contributed by atoms with E-state index in [9.17, 15) is 27.2 Å². The zero-order valence-electron chi connectivity index (χ0n) is 11.9. The average molecular weight is 333 g/mol. The lowest BCUT2D eigenvalue weighted by Crippen LogP contribution is -2.45. The van der Waals surface area contributed by atoms with Crippen LogP contribution < -0.4 is 11.1 Å². The number of likely N-dealkylation sites (tertiary alicyclic amines) is 1. The molecular formula is C14H15F4N3O2. The average Bonchev–Trinajstić information content (AvgIpc) is 2.76. The zero-order chi connectivity index (χ0) is 17.2. The number of nitrogens with zero attached hydrogens (tertiary/aromatic N) is 1. The van der Waals surface area contributed by atoms with Gasteiger partial charge in [0, 0.05) is 6.54 Å². The molecule has 1 fully saturated rings. The maximum absolute atomic E-state index is 12.9. The van der Waals surface area contributed by atoms with Crippen LogP contribution in [0.2, 0.25) is 0 Å². The summed E-state index contributed by atoms with van der Waals surface area (Å²) in [6.07, 6.45) is -4.36. The molecule has 1 saturated heterocycles. The van der Waals surface area contributed by atoms with Crippen LogP contribution in [0.1, 0.15) is 18.0 Å². The van der Waals surface area contributed by atoms with Crippen LogP contribution in [-0.4, -0.2) is 42.0 Å². The number of hydrogen-bond donors (Lipinski definition) is 2. The van der Waals surface area contributed by atoms with Gasteiger partial charge in [-0.3, -0.25) is 14.9 Å². The van der Waals surface area contributed by atoms with Crippen molar-refractivity contribution in [1.82, 2.24) is 10.2 Å². The molecule has 23 heavy (non-hydrogen) atoms. The lowest BCUT2D eigenvalue weighted by Gasteiger charge is -2.21. The Kier molecular flexibility index (Phi) is 4.88. The van der Waals surface area contributed by atoms with Gasteiger partial charge in [-0.2, -0.15) is 13.2 Å². The first-order valence-corrected chi connectivity index (χ1v) is 6.84. The number of hydrogen-bond acceptors (Lipinski definition) is 3. The third-order valence-corrected chi connectivity index (χ3v) is 3.52. The number of halogens is 4. The SMILES string of the molecule is NC(=O)C(NC1CCN(CC(F)(F)F)C1=O)c1ccc(F)cc1. The van der Waals surface area contributed by atoms with Gasteiger partial charge in [0.05, 0.1) is 6.04 Å². The van der Waals surface area contributed by atoms with E-state index in [0.29, 0.717) is 10.5 Å². The van der Waals surface area contributed by atoms with Crippen LogP contribution in [0.25, 0.3) is 0 Å². The molecule has 1 aliphatic heterocycles. The number of nitrogens with one attached hydrogen (secondary N) is 1. The first-order chi connectivity index (χ1) is 10.7. The number of primary amides is 1. The number of benzene rings is 1. The molecule has 0 radical (unpaired) electrons. The molecule has 0 bridgehead atoms. The van der Waals surface area contributed by atoms with Crippen LogP contribution in [-0.2, 0) is 9.59 Å². The lowest BCUT2D eigenvalue weighted by atomic mass is 10.0. The summed E-state index contributed by atoms with van der Waals surface area (Å²) in [5, 5.41) is 2.66. The predicted octanol–water partition coefficient (Wildman–Crippen LogP) is 1.10. The van der Waals surface area contributed by atoms with Crippen LogP contribution in [0.5, 0.6) is 0 Å². The molecule has 2 atom stereocenters. The van der Waals surface area contributed by atoms with E-state index in [1.54, 1.807) is 0 Å². The van der Waals surface area contributed by atoms with Crippen molar-refractivity contribution in [3.05, 3.63) is 35.6 Å². The minimum atomic E-state index is -4.48. The summed E-state index contributed by atoms with van der Waals surface area (Å²) in [5.74, 6) is -2.06. The van der Waals surface area contributed by atoms with E-state index in [1.165, 1.54) is 12.1 Å². The Morgan fingerprint density at radius 2 is 1.96 bits per heavy atom. The van der Waals surface area contributed by atoms with Gasteiger partial charge in [0.25, 0.3) is 0 Å². The van der Waals surface area contributed by atoms with Gasteiger partial charge in [-0.05, 0) is 24.1 Å².